The molecule has 3 N–H and O–H groups in total. The number of aryl methyl sites for hydroxylation is 2. The molecule has 3 heterocycles. The van der Waals surface area contributed by atoms with Crippen molar-refractivity contribution in [1.29, 1.82) is 0 Å². The molecule has 0 bridgehead atoms. The van der Waals surface area contributed by atoms with Crippen LogP contribution in [-0.4, -0.2) is 63.9 Å². The van der Waals surface area contributed by atoms with Crippen molar-refractivity contribution in [1.82, 2.24) is 25.5 Å². The Kier molecular flexibility index (Phi) is 9.80. The summed E-state index contributed by atoms with van der Waals surface area (Å²) >= 11 is 0. The molecule has 1 fully saturated rings. The number of hydrogen-bond donors (Lipinski definition) is 3. The fraction of sp³-hybridized carbons (Fsp3) is 0.500. The topological polar surface area (TPSA) is 138 Å². The monoisotopic (exact) mass is 445 g/mol. The van der Waals surface area contributed by atoms with Crippen molar-refractivity contribution in [2.75, 3.05) is 13.6 Å². The van der Waals surface area contributed by atoms with E-state index < -0.39 is 0 Å². The maximum Gasteiger partial charge on any atom is 0.290 e. The van der Waals surface area contributed by atoms with Gasteiger partial charge in [0.25, 0.3) is 12.4 Å². The van der Waals surface area contributed by atoms with Crippen molar-refractivity contribution in [3.63, 3.8) is 0 Å². The lowest BCUT2D eigenvalue weighted by molar-refractivity contribution is -0.123. The molecule has 32 heavy (non-hydrogen) atoms. The fourth-order valence-electron chi connectivity index (χ4n) is 3.67. The number of likely N-dealkylation sites (tertiary alicyclic amines) is 1. The standard InChI is InChI=1S/C21H29N5O3.CH2O2/c1-4-19-25-14(2)20(29-19)21(28)24-13-17-9-8-16(26(17)3)11-18(27)23-12-15-7-5-6-10-22-15;2-1-3/h5-7,10,16-17H,4,8-9,11-13H2,1-3H3,(H,23,27)(H,24,28);1H,(H,2,3)/t16-,17+;/m1./s1. The Bertz CT molecular complexity index is 886. The summed E-state index contributed by atoms with van der Waals surface area (Å²) in [5.41, 5.74) is 1.46. The molecule has 174 valence electrons. The number of nitrogens with zero attached hydrogens (tertiary/aromatic N) is 3. The molecule has 1 aliphatic rings. The van der Waals surface area contributed by atoms with Crippen molar-refractivity contribution in [3.05, 3.63) is 47.4 Å². The largest absolute Gasteiger partial charge is 0.483 e. The van der Waals surface area contributed by atoms with Crippen molar-refractivity contribution < 1.29 is 23.9 Å². The average molecular weight is 446 g/mol. The normalized spacial score (nSPS) is 17.8. The smallest absolute Gasteiger partial charge is 0.290 e. The molecule has 3 rings (SSSR count). The maximum atomic E-state index is 12.4. The molecule has 0 aliphatic carbocycles. The van der Waals surface area contributed by atoms with Crippen LogP contribution in [0.2, 0.25) is 0 Å². The quantitative estimate of drug-likeness (QED) is 0.520. The number of nitrogens with one attached hydrogen (secondary N) is 2. The van der Waals surface area contributed by atoms with Crippen LogP contribution in [0.5, 0.6) is 0 Å². The van der Waals surface area contributed by atoms with Crippen LogP contribution in [0.15, 0.2) is 28.8 Å². The number of hydrogen-bond acceptors (Lipinski definition) is 7. The third-order valence-corrected chi connectivity index (χ3v) is 5.45. The predicted molar refractivity (Wildman–Crippen MR) is 117 cm³/mol. The SMILES string of the molecule is CCc1nc(C)c(C(=O)NC[C@@H]2CC[C@H](CC(=O)NCc3ccccn3)N2C)o1.O=CO. The van der Waals surface area contributed by atoms with E-state index in [1.54, 1.807) is 13.1 Å². The lowest BCUT2D eigenvalue weighted by Crippen LogP contribution is -2.42. The van der Waals surface area contributed by atoms with Crippen LogP contribution < -0.4 is 10.6 Å². The van der Waals surface area contributed by atoms with E-state index in [1.807, 2.05) is 32.2 Å². The minimum absolute atomic E-state index is 0.0153. The fourth-order valence-corrected chi connectivity index (χ4v) is 3.67. The number of carbonyl (C=O) groups excluding carboxylic acids is 2. The van der Waals surface area contributed by atoms with Crippen molar-refractivity contribution in [3.8, 4) is 0 Å². The molecule has 0 aromatic carbocycles. The van der Waals surface area contributed by atoms with Gasteiger partial charge in [0.2, 0.25) is 11.7 Å². The Balaban J connectivity index is 0.00000114. The highest BCUT2D eigenvalue weighted by Gasteiger charge is 2.32. The minimum Gasteiger partial charge on any atom is -0.483 e. The number of rotatable bonds is 8. The second-order valence-electron chi connectivity index (χ2n) is 7.54. The van der Waals surface area contributed by atoms with Gasteiger partial charge >= 0.3 is 0 Å². The van der Waals surface area contributed by atoms with Gasteiger partial charge in [-0.05, 0) is 38.9 Å². The summed E-state index contributed by atoms with van der Waals surface area (Å²) < 4.78 is 5.51. The molecular formula is C22H31N5O5. The van der Waals surface area contributed by atoms with Gasteiger partial charge in [-0.1, -0.05) is 13.0 Å². The van der Waals surface area contributed by atoms with E-state index in [4.69, 9.17) is 14.3 Å². The van der Waals surface area contributed by atoms with E-state index >= 15 is 0 Å². The Labute approximate surface area is 187 Å². The first kappa shape index (κ1) is 25.0. The van der Waals surface area contributed by atoms with Gasteiger partial charge < -0.3 is 20.2 Å². The van der Waals surface area contributed by atoms with Gasteiger partial charge in [-0.2, -0.15) is 0 Å². The summed E-state index contributed by atoms with van der Waals surface area (Å²) in [6.07, 6.45) is 4.67. The molecule has 0 saturated carbocycles. The second kappa shape index (κ2) is 12.6. The van der Waals surface area contributed by atoms with Gasteiger partial charge in [-0.25, -0.2) is 4.98 Å². The number of aromatic nitrogens is 2. The summed E-state index contributed by atoms with van der Waals surface area (Å²) in [6, 6.07) is 6.01. The van der Waals surface area contributed by atoms with Gasteiger partial charge in [0.05, 0.1) is 17.9 Å². The van der Waals surface area contributed by atoms with Crippen LogP contribution in [0.1, 0.15) is 54.0 Å². The first-order valence-electron chi connectivity index (χ1n) is 10.6. The van der Waals surface area contributed by atoms with Crippen LogP contribution in [0.4, 0.5) is 0 Å². The highest BCUT2D eigenvalue weighted by molar-refractivity contribution is 5.92. The number of carboxylic acid groups (broad SMARTS) is 1. The van der Waals surface area contributed by atoms with Crippen molar-refractivity contribution in [2.24, 2.45) is 0 Å². The first-order valence-corrected chi connectivity index (χ1v) is 10.6. The number of likely N-dealkylation sites (N-methyl/N-ethyl adjacent to an activating group) is 1. The minimum atomic E-state index is -0.250. The van der Waals surface area contributed by atoms with E-state index in [0.29, 0.717) is 37.5 Å². The summed E-state index contributed by atoms with van der Waals surface area (Å²) in [4.78, 5) is 43.7. The highest BCUT2D eigenvalue weighted by Crippen LogP contribution is 2.24. The maximum absolute atomic E-state index is 12.4. The molecule has 2 amide bonds. The summed E-state index contributed by atoms with van der Waals surface area (Å²) in [6.45, 7) is 4.42. The third-order valence-electron chi connectivity index (χ3n) is 5.45. The third kappa shape index (κ3) is 7.16. The van der Waals surface area contributed by atoms with Crippen LogP contribution in [0.25, 0.3) is 0 Å². The average Bonchev–Trinajstić information content (AvgIpc) is 3.34. The van der Waals surface area contributed by atoms with E-state index in [-0.39, 0.29) is 36.1 Å². The number of amides is 2. The molecule has 2 aromatic rings. The Morgan fingerprint density at radius 1 is 1.28 bits per heavy atom. The Morgan fingerprint density at radius 3 is 2.62 bits per heavy atom. The van der Waals surface area contributed by atoms with E-state index in [0.717, 1.165) is 18.5 Å². The van der Waals surface area contributed by atoms with Crippen LogP contribution >= 0.6 is 0 Å². The molecule has 0 unspecified atom stereocenters. The van der Waals surface area contributed by atoms with Crippen molar-refractivity contribution in [2.45, 2.75) is 58.2 Å². The molecule has 10 nitrogen and oxygen atoms in total. The second-order valence-corrected chi connectivity index (χ2v) is 7.54. The predicted octanol–water partition coefficient (Wildman–Crippen LogP) is 1.54. The molecule has 1 aliphatic heterocycles. The van der Waals surface area contributed by atoms with E-state index in [2.05, 4.69) is 25.5 Å². The Hall–Kier alpha value is -3.27. The molecule has 2 atom stereocenters. The zero-order valence-electron chi connectivity index (χ0n) is 18.7. The number of carbonyl (C=O) groups is 3. The van der Waals surface area contributed by atoms with Gasteiger partial charge in [-0.15, -0.1) is 0 Å². The summed E-state index contributed by atoms with van der Waals surface area (Å²) in [5, 5.41) is 12.8. The molecule has 0 radical (unpaired) electrons. The van der Waals surface area contributed by atoms with Gasteiger partial charge in [0.1, 0.15) is 0 Å². The van der Waals surface area contributed by atoms with Crippen molar-refractivity contribution >= 4 is 18.3 Å². The molecule has 2 aromatic heterocycles. The highest BCUT2D eigenvalue weighted by atomic mass is 16.4. The zero-order valence-corrected chi connectivity index (χ0v) is 18.7. The number of oxazole rings is 1. The van der Waals surface area contributed by atoms with Crippen LogP contribution in [-0.2, 0) is 22.6 Å². The number of pyridine rings is 1. The molecule has 0 spiro atoms. The van der Waals surface area contributed by atoms with E-state index in [9.17, 15) is 9.59 Å². The van der Waals surface area contributed by atoms with Crippen LogP contribution in [0.3, 0.4) is 0 Å². The summed E-state index contributed by atoms with van der Waals surface area (Å²) in [7, 11) is 2.01. The lowest BCUT2D eigenvalue weighted by Gasteiger charge is -2.25. The molecular weight excluding hydrogens is 414 g/mol. The summed E-state index contributed by atoms with van der Waals surface area (Å²) in [5.74, 6) is 0.636. The molecule has 10 heteroatoms. The Morgan fingerprint density at radius 2 is 2.00 bits per heavy atom. The van der Waals surface area contributed by atoms with Gasteiger partial charge in [-0.3, -0.25) is 24.3 Å². The van der Waals surface area contributed by atoms with Gasteiger partial charge in [0.15, 0.2) is 5.89 Å². The molecule has 1 saturated heterocycles. The zero-order chi connectivity index (χ0) is 23.5. The van der Waals surface area contributed by atoms with Crippen LogP contribution in [0, 0.1) is 6.92 Å². The first-order chi connectivity index (χ1) is 15.4. The van der Waals surface area contributed by atoms with Gasteiger partial charge in [0, 0.05) is 37.7 Å². The van der Waals surface area contributed by atoms with E-state index in [1.165, 1.54) is 0 Å². The lowest BCUT2D eigenvalue weighted by atomic mass is 10.1.